The number of rotatable bonds is 5. The molecule has 4 nitrogen and oxygen atoms in total. The number of thioether (sulfide) groups is 1. The van der Waals surface area contributed by atoms with Crippen LogP contribution in [0.3, 0.4) is 0 Å². The maximum Gasteiger partial charge on any atom is 0.238 e. The minimum Gasteiger partial charge on any atom is -0.396 e. The van der Waals surface area contributed by atoms with Crippen molar-refractivity contribution in [3.8, 4) is 0 Å². The van der Waals surface area contributed by atoms with E-state index in [9.17, 15) is 4.79 Å². The molecule has 1 aliphatic heterocycles. The molecule has 1 fully saturated rings. The topological polar surface area (TPSA) is 61.4 Å². The van der Waals surface area contributed by atoms with Crippen LogP contribution in [0.2, 0.25) is 0 Å². The molecule has 1 aliphatic rings. The highest BCUT2D eigenvalue weighted by molar-refractivity contribution is 7.99. The molecule has 1 heterocycles. The second-order valence-corrected chi connectivity index (χ2v) is 5.61. The van der Waals surface area contributed by atoms with E-state index >= 15 is 0 Å². The average Bonchev–Trinajstić information content (AvgIpc) is 2.30. The smallest absolute Gasteiger partial charge is 0.238 e. The van der Waals surface area contributed by atoms with E-state index in [2.05, 4.69) is 10.6 Å². The predicted octanol–water partition coefficient (Wildman–Crippen LogP) is 0.359. The number of hydrogen-bond acceptors (Lipinski definition) is 4. The zero-order valence-electron chi connectivity index (χ0n) is 10.1. The number of carbonyl (C=O) groups excluding carboxylic acids is 1. The second-order valence-electron chi connectivity index (χ2n) is 4.46. The Morgan fingerprint density at radius 3 is 2.94 bits per heavy atom. The summed E-state index contributed by atoms with van der Waals surface area (Å²) in [6.07, 6.45) is 1.44. The summed E-state index contributed by atoms with van der Waals surface area (Å²) in [4.78, 5) is 12.0. The van der Waals surface area contributed by atoms with Gasteiger partial charge in [-0.25, -0.2) is 0 Å². The summed E-state index contributed by atoms with van der Waals surface area (Å²) in [5, 5.41) is 15.2. The first kappa shape index (κ1) is 13.8. The molecule has 0 bridgehead atoms. The van der Waals surface area contributed by atoms with Crippen LogP contribution in [0, 0.1) is 0 Å². The first-order valence-corrected chi connectivity index (χ1v) is 7.01. The van der Waals surface area contributed by atoms with Gasteiger partial charge in [-0.2, -0.15) is 11.8 Å². The maximum absolute atomic E-state index is 12.0. The number of carbonyl (C=O) groups is 1. The van der Waals surface area contributed by atoms with Gasteiger partial charge in [0.05, 0.1) is 6.04 Å². The fourth-order valence-electron chi connectivity index (χ4n) is 1.69. The third-order valence-electron chi connectivity index (χ3n) is 3.11. The van der Waals surface area contributed by atoms with Gasteiger partial charge < -0.3 is 15.7 Å². The van der Waals surface area contributed by atoms with Crippen LogP contribution in [-0.2, 0) is 4.79 Å². The molecule has 0 radical (unpaired) electrons. The summed E-state index contributed by atoms with van der Waals surface area (Å²) in [7, 11) is 0. The minimum atomic E-state index is -0.282. The van der Waals surface area contributed by atoms with Gasteiger partial charge in [-0.05, 0) is 19.8 Å². The maximum atomic E-state index is 12.0. The lowest BCUT2D eigenvalue weighted by Gasteiger charge is -2.32. The molecule has 2 atom stereocenters. The first-order chi connectivity index (χ1) is 7.61. The summed E-state index contributed by atoms with van der Waals surface area (Å²) in [5.41, 5.74) is -0.282. The van der Waals surface area contributed by atoms with Crippen LogP contribution in [0.15, 0.2) is 0 Å². The predicted molar refractivity (Wildman–Crippen MR) is 67.7 cm³/mol. The van der Waals surface area contributed by atoms with E-state index < -0.39 is 0 Å². The number of hydrogen-bond donors (Lipinski definition) is 3. The van der Waals surface area contributed by atoms with Crippen molar-refractivity contribution in [1.29, 1.82) is 0 Å². The molecular weight excluding hydrogens is 224 g/mol. The Morgan fingerprint density at radius 1 is 1.69 bits per heavy atom. The molecule has 1 amide bonds. The highest BCUT2D eigenvalue weighted by Gasteiger charge is 2.28. The van der Waals surface area contributed by atoms with Gasteiger partial charge in [-0.1, -0.05) is 6.92 Å². The van der Waals surface area contributed by atoms with E-state index in [1.54, 1.807) is 11.8 Å². The fourth-order valence-corrected chi connectivity index (χ4v) is 2.63. The molecule has 0 spiro atoms. The highest BCUT2D eigenvalue weighted by Crippen LogP contribution is 2.15. The molecule has 16 heavy (non-hydrogen) atoms. The Balaban J connectivity index is 2.47. The zero-order chi connectivity index (χ0) is 12.0. The summed E-state index contributed by atoms with van der Waals surface area (Å²) in [6.45, 7) is 5.01. The number of aliphatic hydroxyl groups excluding tert-OH is 1. The third kappa shape index (κ3) is 3.96. The lowest BCUT2D eigenvalue weighted by molar-refractivity contribution is -0.124. The molecule has 0 saturated carbocycles. The Hall–Kier alpha value is -0.260. The summed E-state index contributed by atoms with van der Waals surface area (Å²) < 4.78 is 0. The van der Waals surface area contributed by atoms with Crippen molar-refractivity contribution in [3.05, 3.63) is 0 Å². The van der Waals surface area contributed by atoms with Gasteiger partial charge in [0.25, 0.3) is 0 Å². The van der Waals surface area contributed by atoms with Gasteiger partial charge >= 0.3 is 0 Å². The quantitative estimate of drug-likeness (QED) is 0.655. The molecule has 2 unspecified atom stereocenters. The van der Waals surface area contributed by atoms with Gasteiger partial charge in [-0.3, -0.25) is 4.79 Å². The molecule has 0 aliphatic carbocycles. The molecule has 0 aromatic heterocycles. The first-order valence-electron chi connectivity index (χ1n) is 5.85. The Morgan fingerprint density at radius 2 is 2.44 bits per heavy atom. The lowest BCUT2D eigenvalue weighted by atomic mass is 9.94. The van der Waals surface area contributed by atoms with Crippen molar-refractivity contribution in [1.82, 2.24) is 10.6 Å². The van der Waals surface area contributed by atoms with Gasteiger partial charge in [0.15, 0.2) is 0 Å². The zero-order valence-corrected chi connectivity index (χ0v) is 10.9. The van der Waals surface area contributed by atoms with Crippen molar-refractivity contribution in [3.63, 3.8) is 0 Å². The summed E-state index contributed by atoms with van der Waals surface area (Å²) in [6, 6.07) is -0.0803. The van der Waals surface area contributed by atoms with E-state index in [1.165, 1.54) is 0 Å². The van der Waals surface area contributed by atoms with Crippen molar-refractivity contribution in [2.45, 2.75) is 38.3 Å². The van der Waals surface area contributed by atoms with Gasteiger partial charge in [0.1, 0.15) is 0 Å². The molecule has 3 N–H and O–H groups in total. The van der Waals surface area contributed by atoms with E-state index in [1.807, 2.05) is 13.8 Å². The van der Waals surface area contributed by atoms with Gasteiger partial charge in [0, 0.05) is 30.2 Å². The largest absolute Gasteiger partial charge is 0.396 e. The highest BCUT2D eigenvalue weighted by atomic mass is 32.2. The van der Waals surface area contributed by atoms with E-state index in [-0.39, 0.29) is 24.1 Å². The second kappa shape index (κ2) is 6.47. The number of aliphatic hydroxyl groups is 1. The van der Waals surface area contributed by atoms with Crippen LogP contribution in [0.25, 0.3) is 0 Å². The molecule has 94 valence electrons. The summed E-state index contributed by atoms with van der Waals surface area (Å²) >= 11 is 1.81. The van der Waals surface area contributed by atoms with Crippen LogP contribution in [0.4, 0.5) is 0 Å². The third-order valence-corrected chi connectivity index (χ3v) is 4.17. The fraction of sp³-hybridized carbons (Fsp3) is 0.909. The molecule has 1 saturated heterocycles. The molecule has 0 aromatic rings. The van der Waals surface area contributed by atoms with Gasteiger partial charge in [-0.15, -0.1) is 0 Å². The lowest BCUT2D eigenvalue weighted by Crippen LogP contribution is -2.55. The van der Waals surface area contributed by atoms with Crippen LogP contribution >= 0.6 is 11.8 Å². The van der Waals surface area contributed by atoms with Gasteiger partial charge in [0.2, 0.25) is 5.91 Å². The number of amides is 1. The minimum absolute atomic E-state index is 0.0602. The molecular formula is C11H22N2O2S. The van der Waals surface area contributed by atoms with Crippen molar-refractivity contribution >= 4 is 17.7 Å². The van der Waals surface area contributed by atoms with Crippen molar-refractivity contribution in [2.24, 2.45) is 0 Å². The molecule has 0 aromatic carbocycles. The Bertz CT molecular complexity index is 232. The van der Waals surface area contributed by atoms with E-state index in [0.717, 1.165) is 24.5 Å². The van der Waals surface area contributed by atoms with E-state index in [0.29, 0.717) is 6.42 Å². The van der Waals surface area contributed by atoms with Crippen molar-refractivity contribution < 1.29 is 9.90 Å². The summed E-state index contributed by atoms with van der Waals surface area (Å²) in [5.74, 6) is 1.97. The van der Waals surface area contributed by atoms with E-state index in [4.69, 9.17) is 5.11 Å². The Labute approximate surface area is 102 Å². The average molecular weight is 246 g/mol. The number of nitrogens with one attached hydrogen (secondary N) is 2. The van der Waals surface area contributed by atoms with Crippen molar-refractivity contribution in [2.75, 3.05) is 24.7 Å². The SMILES string of the molecule is CCC(C)(CCO)NC(=O)C1CSCCN1. The monoisotopic (exact) mass is 246 g/mol. The normalized spacial score (nSPS) is 24.8. The molecule has 5 heteroatoms. The Kier molecular flexibility index (Phi) is 5.58. The molecule has 1 rings (SSSR count). The van der Waals surface area contributed by atoms with Crippen LogP contribution < -0.4 is 10.6 Å². The van der Waals surface area contributed by atoms with Crippen LogP contribution in [-0.4, -0.2) is 47.3 Å². The standard InChI is InChI=1S/C11H22N2O2S/c1-3-11(2,4-6-14)13-10(15)9-8-16-7-5-12-9/h9,12,14H,3-8H2,1-2H3,(H,13,15). The van der Waals surface area contributed by atoms with Crippen LogP contribution in [0.5, 0.6) is 0 Å². The van der Waals surface area contributed by atoms with Crippen LogP contribution in [0.1, 0.15) is 26.7 Å².